The van der Waals surface area contributed by atoms with Crippen LogP contribution in [0, 0.1) is 0 Å². The van der Waals surface area contributed by atoms with E-state index in [1.807, 2.05) is 38.1 Å². The Balaban J connectivity index is 2.36. The molecule has 0 aliphatic heterocycles. The fraction of sp³-hybridized carbons (Fsp3) is 0.391. The molecule has 2 aromatic rings. The number of nitrogens with zero attached hydrogens (tertiary/aromatic N) is 2. The molecular weight excluding hydrogens is 530 g/mol. The van der Waals surface area contributed by atoms with Gasteiger partial charge in [0.1, 0.15) is 12.6 Å². The topological polar surface area (TPSA) is 86.8 Å². The van der Waals surface area contributed by atoms with Crippen LogP contribution in [0.25, 0.3) is 0 Å². The van der Waals surface area contributed by atoms with E-state index in [4.69, 9.17) is 11.6 Å². The van der Waals surface area contributed by atoms with Gasteiger partial charge in [0.2, 0.25) is 21.8 Å². The van der Waals surface area contributed by atoms with Gasteiger partial charge in [-0.25, -0.2) is 8.42 Å². The van der Waals surface area contributed by atoms with Gasteiger partial charge in [-0.05, 0) is 62.2 Å². The minimum Gasteiger partial charge on any atom is -0.352 e. The van der Waals surface area contributed by atoms with Gasteiger partial charge < -0.3 is 10.2 Å². The second-order valence-electron chi connectivity index (χ2n) is 7.89. The number of benzene rings is 2. The molecule has 0 spiro atoms. The van der Waals surface area contributed by atoms with Gasteiger partial charge in [-0.3, -0.25) is 13.9 Å². The van der Waals surface area contributed by atoms with Crippen LogP contribution in [0.3, 0.4) is 0 Å². The summed E-state index contributed by atoms with van der Waals surface area (Å²) in [5, 5.41) is 3.34. The Morgan fingerprint density at radius 1 is 1.06 bits per heavy atom. The van der Waals surface area contributed by atoms with Gasteiger partial charge in [0.05, 0.1) is 11.9 Å². The van der Waals surface area contributed by atoms with Crippen LogP contribution in [0.4, 0.5) is 5.69 Å². The van der Waals surface area contributed by atoms with Crippen molar-refractivity contribution in [3.8, 4) is 0 Å². The van der Waals surface area contributed by atoms with Crippen LogP contribution in [0.15, 0.2) is 53.0 Å². The molecule has 2 amide bonds. The van der Waals surface area contributed by atoms with Crippen molar-refractivity contribution >= 4 is 55.1 Å². The molecule has 0 heterocycles. The molecule has 0 aliphatic rings. The zero-order valence-electron chi connectivity index (χ0n) is 19.1. The summed E-state index contributed by atoms with van der Waals surface area (Å²) >= 11 is 9.31. The highest BCUT2D eigenvalue weighted by Crippen LogP contribution is 2.21. The van der Waals surface area contributed by atoms with Crippen molar-refractivity contribution in [3.05, 3.63) is 63.6 Å². The van der Waals surface area contributed by atoms with Gasteiger partial charge in [-0.15, -0.1) is 0 Å². The smallest absolute Gasteiger partial charge is 0.244 e. The molecule has 2 aromatic carbocycles. The van der Waals surface area contributed by atoms with Crippen LogP contribution in [0.2, 0.25) is 5.02 Å². The van der Waals surface area contributed by atoms with Crippen LogP contribution >= 0.6 is 27.5 Å². The number of anilines is 1. The summed E-state index contributed by atoms with van der Waals surface area (Å²) in [4.78, 5) is 27.6. The second kappa shape index (κ2) is 11.9. The lowest BCUT2D eigenvalue weighted by Gasteiger charge is -2.32. The summed E-state index contributed by atoms with van der Waals surface area (Å²) in [6.45, 7) is 5.19. The maximum absolute atomic E-state index is 13.4. The van der Waals surface area contributed by atoms with Crippen LogP contribution in [0.1, 0.15) is 32.8 Å². The number of hydrogen-bond acceptors (Lipinski definition) is 4. The zero-order chi connectivity index (χ0) is 24.8. The maximum atomic E-state index is 13.4. The Hall–Kier alpha value is -2.10. The maximum Gasteiger partial charge on any atom is 0.244 e. The van der Waals surface area contributed by atoms with Gasteiger partial charge in [-0.2, -0.15) is 0 Å². The molecule has 0 radical (unpaired) electrons. The first kappa shape index (κ1) is 27.1. The van der Waals surface area contributed by atoms with Gasteiger partial charge in [0.25, 0.3) is 0 Å². The first-order valence-corrected chi connectivity index (χ1v) is 13.5. The minimum absolute atomic E-state index is 0.0498. The van der Waals surface area contributed by atoms with Crippen molar-refractivity contribution in [2.75, 3.05) is 17.1 Å². The standard InChI is InChI=1S/C23H29BrClN3O4S/c1-5-16(2)26-23(30)17(3)27(14-18-6-8-19(24)9-7-18)22(29)15-28(33(4,31)32)21-12-10-20(25)11-13-21/h6-13,16-17H,5,14-15H2,1-4H3,(H,26,30)/t16-,17+/m0/s1. The SMILES string of the molecule is CC[C@H](C)NC(=O)[C@@H](C)N(Cc1ccc(Br)cc1)C(=O)CN(c1ccc(Cl)cc1)S(C)(=O)=O. The Bertz CT molecular complexity index is 1060. The fourth-order valence-corrected chi connectivity index (χ4v) is 4.30. The van der Waals surface area contributed by atoms with Gasteiger partial charge in [0.15, 0.2) is 0 Å². The first-order chi connectivity index (χ1) is 15.4. The van der Waals surface area contributed by atoms with E-state index >= 15 is 0 Å². The molecule has 180 valence electrons. The molecule has 0 bridgehead atoms. The van der Waals surface area contributed by atoms with E-state index in [2.05, 4.69) is 21.2 Å². The highest BCUT2D eigenvalue weighted by Gasteiger charge is 2.30. The average molecular weight is 559 g/mol. The van der Waals surface area contributed by atoms with E-state index in [9.17, 15) is 18.0 Å². The zero-order valence-corrected chi connectivity index (χ0v) is 22.2. The number of carbonyl (C=O) groups excluding carboxylic acids is 2. The molecule has 0 aliphatic carbocycles. The third-order valence-electron chi connectivity index (χ3n) is 5.23. The molecule has 0 fully saturated rings. The van der Waals surface area contributed by atoms with Crippen molar-refractivity contribution < 1.29 is 18.0 Å². The lowest BCUT2D eigenvalue weighted by atomic mass is 10.1. The molecule has 0 aromatic heterocycles. The van der Waals surface area contributed by atoms with E-state index < -0.39 is 28.5 Å². The number of amides is 2. The fourth-order valence-electron chi connectivity index (χ4n) is 3.06. The van der Waals surface area contributed by atoms with Crippen molar-refractivity contribution in [3.63, 3.8) is 0 Å². The van der Waals surface area contributed by atoms with Crippen LogP contribution in [0.5, 0.6) is 0 Å². The molecule has 2 rings (SSSR count). The Labute approximate surface area is 209 Å². The Morgan fingerprint density at radius 3 is 2.15 bits per heavy atom. The summed E-state index contributed by atoms with van der Waals surface area (Å²) in [6.07, 6.45) is 1.78. The molecule has 10 heteroatoms. The lowest BCUT2D eigenvalue weighted by molar-refractivity contribution is -0.139. The van der Waals surface area contributed by atoms with Crippen LogP contribution in [-0.4, -0.2) is 50.0 Å². The van der Waals surface area contributed by atoms with Gasteiger partial charge in [0, 0.05) is 22.1 Å². The predicted octanol–water partition coefficient (Wildman–Crippen LogP) is 4.20. The minimum atomic E-state index is -3.77. The van der Waals surface area contributed by atoms with E-state index in [0.29, 0.717) is 10.7 Å². The highest BCUT2D eigenvalue weighted by atomic mass is 79.9. The molecule has 0 unspecified atom stereocenters. The molecule has 1 N–H and O–H groups in total. The molecular formula is C23H29BrClN3O4S. The van der Waals surface area contributed by atoms with E-state index in [1.54, 1.807) is 19.1 Å². The monoisotopic (exact) mass is 557 g/mol. The molecule has 0 saturated carbocycles. The largest absolute Gasteiger partial charge is 0.352 e. The number of hydrogen-bond donors (Lipinski definition) is 1. The third kappa shape index (κ3) is 8.01. The van der Waals surface area contributed by atoms with E-state index in [0.717, 1.165) is 27.0 Å². The molecule has 0 saturated heterocycles. The normalized spacial score (nSPS) is 13.2. The predicted molar refractivity (Wildman–Crippen MR) is 136 cm³/mol. The van der Waals surface area contributed by atoms with E-state index in [-0.39, 0.29) is 18.5 Å². The lowest BCUT2D eigenvalue weighted by Crippen LogP contribution is -2.52. The molecule has 2 atom stereocenters. The molecule has 7 nitrogen and oxygen atoms in total. The number of carbonyl (C=O) groups is 2. The highest BCUT2D eigenvalue weighted by molar-refractivity contribution is 9.10. The van der Waals surface area contributed by atoms with E-state index in [1.165, 1.54) is 17.0 Å². The number of rotatable bonds is 10. The first-order valence-electron chi connectivity index (χ1n) is 10.5. The summed E-state index contributed by atoms with van der Waals surface area (Å²) in [6, 6.07) is 12.7. The number of halogens is 2. The average Bonchev–Trinajstić information content (AvgIpc) is 2.76. The summed E-state index contributed by atoms with van der Waals surface area (Å²) < 4.78 is 26.9. The second-order valence-corrected chi connectivity index (χ2v) is 11.1. The molecule has 33 heavy (non-hydrogen) atoms. The van der Waals surface area contributed by atoms with Gasteiger partial charge >= 0.3 is 0 Å². The number of sulfonamides is 1. The van der Waals surface area contributed by atoms with Crippen LogP contribution < -0.4 is 9.62 Å². The van der Waals surface area contributed by atoms with Crippen molar-refractivity contribution in [1.29, 1.82) is 0 Å². The van der Waals surface area contributed by atoms with Crippen molar-refractivity contribution in [2.24, 2.45) is 0 Å². The van der Waals surface area contributed by atoms with Crippen molar-refractivity contribution in [1.82, 2.24) is 10.2 Å². The third-order valence-corrected chi connectivity index (χ3v) is 7.15. The summed E-state index contributed by atoms with van der Waals surface area (Å²) in [7, 11) is -3.77. The summed E-state index contributed by atoms with van der Waals surface area (Å²) in [5.41, 5.74) is 1.13. The Kier molecular flexibility index (Phi) is 9.75. The summed E-state index contributed by atoms with van der Waals surface area (Å²) in [5.74, 6) is -0.794. The Morgan fingerprint density at radius 2 is 1.64 bits per heavy atom. The van der Waals surface area contributed by atoms with Crippen molar-refractivity contribution in [2.45, 2.75) is 45.8 Å². The van der Waals surface area contributed by atoms with Gasteiger partial charge in [-0.1, -0.05) is 46.6 Å². The quantitative estimate of drug-likeness (QED) is 0.474. The van der Waals surface area contributed by atoms with Crippen LogP contribution in [-0.2, 0) is 26.2 Å². The number of nitrogens with one attached hydrogen (secondary N) is 1.